The minimum absolute atomic E-state index is 0.0216. The third-order valence-electron chi connectivity index (χ3n) is 4.88. The van der Waals surface area contributed by atoms with Crippen LogP contribution < -0.4 is 5.32 Å². The molecule has 3 rings (SSSR count). The lowest BCUT2D eigenvalue weighted by atomic mass is 9.86. The highest BCUT2D eigenvalue weighted by molar-refractivity contribution is 6.30. The third kappa shape index (κ3) is 4.02. The molecule has 2 bridgehead atoms. The van der Waals surface area contributed by atoms with Crippen LogP contribution in [0, 0.1) is 23.6 Å². The fraction of sp³-hybridized carbons (Fsp3) is 0.529. The molecule has 1 N–H and O–H groups in total. The number of anilines is 1. The van der Waals surface area contributed by atoms with Gasteiger partial charge in [-0.25, -0.2) is 4.39 Å². The Morgan fingerprint density at radius 1 is 1.30 bits per heavy atom. The topological polar surface area (TPSA) is 55.4 Å². The van der Waals surface area contributed by atoms with Crippen molar-refractivity contribution >= 4 is 29.2 Å². The molecular weight excluding hydrogens is 321 g/mol. The number of esters is 1. The number of fused-ring (bicyclic) bond motifs is 2. The summed E-state index contributed by atoms with van der Waals surface area (Å²) in [7, 11) is 0. The number of ether oxygens (including phenoxy) is 1. The molecule has 0 saturated heterocycles. The molecule has 4 nitrogen and oxygen atoms in total. The van der Waals surface area contributed by atoms with Gasteiger partial charge in [-0.05, 0) is 55.2 Å². The molecule has 0 aromatic heterocycles. The predicted octanol–water partition coefficient (Wildman–Crippen LogP) is 3.79. The van der Waals surface area contributed by atoms with Crippen LogP contribution in [-0.4, -0.2) is 18.5 Å². The minimum atomic E-state index is -0.587. The number of rotatable bonds is 5. The van der Waals surface area contributed by atoms with Crippen molar-refractivity contribution in [1.29, 1.82) is 0 Å². The largest absolute Gasteiger partial charge is 0.456 e. The van der Waals surface area contributed by atoms with Gasteiger partial charge in [-0.3, -0.25) is 9.59 Å². The molecule has 124 valence electrons. The Morgan fingerprint density at radius 3 is 2.83 bits per heavy atom. The van der Waals surface area contributed by atoms with Gasteiger partial charge in [0.2, 0.25) is 0 Å². The van der Waals surface area contributed by atoms with Crippen molar-refractivity contribution in [1.82, 2.24) is 0 Å². The Morgan fingerprint density at radius 2 is 2.13 bits per heavy atom. The molecule has 6 heteroatoms. The molecule has 0 aliphatic heterocycles. The molecule has 2 aliphatic rings. The van der Waals surface area contributed by atoms with E-state index in [-0.39, 0.29) is 11.7 Å². The highest BCUT2D eigenvalue weighted by atomic mass is 35.5. The van der Waals surface area contributed by atoms with E-state index in [1.165, 1.54) is 37.5 Å². The molecule has 1 amide bonds. The summed E-state index contributed by atoms with van der Waals surface area (Å²) in [5.41, 5.74) is -0.0216. The zero-order valence-electron chi connectivity index (χ0n) is 12.7. The quantitative estimate of drug-likeness (QED) is 0.830. The second kappa shape index (κ2) is 6.87. The molecule has 0 spiro atoms. The van der Waals surface area contributed by atoms with Crippen molar-refractivity contribution in [2.75, 3.05) is 11.9 Å². The normalized spacial score (nSPS) is 25.4. The average Bonchev–Trinajstić information content (AvgIpc) is 3.11. The van der Waals surface area contributed by atoms with Gasteiger partial charge in [0.05, 0.1) is 5.69 Å². The van der Waals surface area contributed by atoms with E-state index in [4.69, 9.17) is 16.3 Å². The molecule has 0 radical (unpaired) electrons. The maximum atomic E-state index is 13.5. The third-order valence-corrected chi connectivity index (χ3v) is 5.12. The number of amides is 1. The number of carbonyl (C=O) groups excluding carboxylic acids is 2. The van der Waals surface area contributed by atoms with Crippen LogP contribution in [0.3, 0.4) is 0 Å². The van der Waals surface area contributed by atoms with E-state index in [1.807, 2.05) is 0 Å². The fourth-order valence-corrected chi connectivity index (χ4v) is 4.00. The SMILES string of the molecule is O=C(COC(=O)C[C@H]1C[C@H]2CC[C@@H]1C2)Nc1cc(Cl)ccc1F. The van der Waals surface area contributed by atoms with Gasteiger partial charge in [0.15, 0.2) is 6.61 Å². The highest BCUT2D eigenvalue weighted by Crippen LogP contribution is 2.49. The van der Waals surface area contributed by atoms with E-state index in [0.717, 1.165) is 12.3 Å². The van der Waals surface area contributed by atoms with Crippen LogP contribution in [-0.2, 0) is 14.3 Å². The van der Waals surface area contributed by atoms with Gasteiger partial charge in [0, 0.05) is 11.4 Å². The summed E-state index contributed by atoms with van der Waals surface area (Å²) >= 11 is 5.75. The molecule has 2 saturated carbocycles. The molecule has 3 atom stereocenters. The van der Waals surface area contributed by atoms with Crippen LogP contribution in [0.25, 0.3) is 0 Å². The number of halogens is 2. The predicted molar refractivity (Wildman–Crippen MR) is 84.6 cm³/mol. The summed E-state index contributed by atoms with van der Waals surface area (Å²) in [6, 6.07) is 3.87. The number of benzene rings is 1. The van der Waals surface area contributed by atoms with Crippen molar-refractivity contribution in [3.8, 4) is 0 Å². The number of nitrogens with one attached hydrogen (secondary N) is 1. The minimum Gasteiger partial charge on any atom is -0.456 e. The van der Waals surface area contributed by atoms with Crippen molar-refractivity contribution in [2.24, 2.45) is 17.8 Å². The second-order valence-electron chi connectivity index (χ2n) is 6.47. The van der Waals surface area contributed by atoms with E-state index in [2.05, 4.69) is 5.32 Å². The van der Waals surface area contributed by atoms with Crippen molar-refractivity contribution in [3.05, 3.63) is 29.0 Å². The van der Waals surface area contributed by atoms with Crippen LogP contribution in [0.5, 0.6) is 0 Å². The van der Waals surface area contributed by atoms with Crippen molar-refractivity contribution in [3.63, 3.8) is 0 Å². The van der Waals surface area contributed by atoms with Crippen LogP contribution >= 0.6 is 11.6 Å². The molecule has 1 aromatic rings. The van der Waals surface area contributed by atoms with Gasteiger partial charge < -0.3 is 10.1 Å². The Hall–Kier alpha value is -1.62. The van der Waals surface area contributed by atoms with E-state index < -0.39 is 18.3 Å². The van der Waals surface area contributed by atoms with Gasteiger partial charge in [-0.2, -0.15) is 0 Å². The van der Waals surface area contributed by atoms with Crippen LogP contribution in [0.2, 0.25) is 5.02 Å². The summed E-state index contributed by atoms with van der Waals surface area (Å²) in [5, 5.41) is 2.67. The summed E-state index contributed by atoms with van der Waals surface area (Å²) in [6.07, 6.45) is 5.19. The maximum Gasteiger partial charge on any atom is 0.306 e. The lowest BCUT2D eigenvalue weighted by molar-refractivity contribution is -0.148. The Labute approximate surface area is 139 Å². The van der Waals surface area contributed by atoms with E-state index in [9.17, 15) is 14.0 Å². The number of hydrogen-bond acceptors (Lipinski definition) is 3. The Balaban J connectivity index is 1.43. The first kappa shape index (κ1) is 16.2. The first-order valence-corrected chi connectivity index (χ1v) is 8.29. The van der Waals surface area contributed by atoms with E-state index in [0.29, 0.717) is 23.3 Å². The maximum absolute atomic E-state index is 13.5. The lowest BCUT2D eigenvalue weighted by Gasteiger charge is -2.20. The zero-order valence-corrected chi connectivity index (χ0v) is 13.4. The molecule has 2 aliphatic carbocycles. The van der Waals surface area contributed by atoms with Crippen LogP contribution in [0.4, 0.5) is 10.1 Å². The van der Waals surface area contributed by atoms with E-state index in [1.54, 1.807) is 0 Å². The van der Waals surface area contributed by atoms with E-state index >= 15 is 0 Å². The van der Waals surface area contributed by atoms with Gasteiger partial charge in [-0.15, -0.1) is 0 Å². The average molecular weight is 340 g/mol. The summed E-state index contributed by atoms with van der Waals surface area (Å²) in [5.74, 6) is 0.288. The monoisotopic (exact) mass is 339 g/mol. The van der Waals surface area contributed by atoms with Crippen molar-refractivity contribution in [2.45, 2.75) is 32.1 Å². The Bertz CT molecular complexity index is 622. The highest BCUT2D eigenvalue weighted by Gasteiger charge is 2.40. The summed E-state index contributed by atoms with van der Waals surface area (Å²) < 4.78 is 18.5. The molecule has 2 fully saturated rings. The van der Waals surface area contributed by atoms with Gasteiger partial charge in [0.1, 0.15) is 5.82 Å². The van der Waals surface area contributed by atoms with Gasteiger partial charge in [-0.1, -0.05) is 18.0 Å². The van der Waals surface area contributed by atoms with Gasteiger partial charge >= 0.3 is 5.97 Å². The molecular formula is C17H19ClFNO3. The second-order valence-corrected chi connectivity index (χ2v) is 6.91. The molecule has 23 heavy (non-hydrogen) atoms. The molecule has 1 aromatic carbocycles. The smallest absolute Gasteiger partial charge is 0.306 e. The van der Waals surface area contributed by atoms with Gasteiger partial charge in [0.25, 0.3) is 5.91 Å². The first-order chi connectivity index (χ1) is 11.0. The van der Waals surface area contributed by atoms with Crippen LogP contribution in [0.1, 0.15) is 32.1 Å². The molecule has 0 heterocycles. The Kier molecular flexibility index (Phi) is 4.85. The van der Waals surface area contributed by atoms with Crippen LogP contribution in [0.15, 0.2) is 18.2 Å². The lowest BCUT2D eigenvalue weighted by Crippen LogP contribution is -2.23. The standard InChI is InChI=1S/C17H19ClFNO3/c18-13-3-4-14(19)15(8-13)20-16(21)9-23-17(22)7-12-6-10-1-2-11(12)5-10/h3-4,8,10-12H,1-2,5-7,9H2,(H,20,21)/t10-,11+,12+/m0/s1. The number of carbonyl (C=O) groups is 2. The first-order valence-electron chi connectivity index (χ1n) is 7.92. The summed E-state index contributed by atoms with van der Waals surface area (Å²) in [4.78, 5) is 23.6. The number of hydrogen-bond donors (Lipinski definition) is 1. The van der Waals surface area contributed by atoms with Crippen molar-refractivity contribution < 1.29 is 18.7 Å². The fourth-order valence-electron chi connectivity index (χ4n) is 3.83. The zero-order chi connectivity index (χ0) is 16.4. The summed E-state index contributed by atoms with van der Waals surface area (Å²) in [6.45, 7) is -0.411. The molecule has 0 unspecified atom stereocenters.